The second-order valence-electron chi connectivity index (χ2n) is 6.55. The predicted molar refractivity (Wildman–Crippen MR) is 98.2 cm³/mol. The number of carbonyl (C=O) groups is 2. The third-order valence-corrected chi connectivity index (χ3v) is 4.67. The van der Waals surface area contributed by atoms with Gasteiger partial charge < -0.3 is 10.6 Å². The van der Waals surface area contributed by atoms with E-state index >= 15 is 0 Å². The Bertz CT molecular complexity index is 578. The van der Waals surface area contributed by atoms with Crippen LogP contribution in [0, 0.1) is 6.92 Å². The van der Waals surface area contributed by atoms with E-state index in [1.165, 1.54) is 12.8 Å². The van der Waals surface area contributed by atoms with Crippen LogP contribution in [0.1, 0.15) is 51.5 Å². The molecule has 1 aromatic carbocycles. The minimum atomic E-state index is -0.141. The summed E-state index contributed by atoms with van der Waals surface area (Å²) in [5.41, 5.74) is 2.45. The number of hydrogen-bond donors (Lipinski definition) is 2. The fourth-order valence-electron chi connectivity index (χ4n) is 2.97. The van der Waals surface area contributed by atoms with Gasteiger partial charge in [-0.2, -0.15) is 0 Å². The van der Waals surface area contributed by atoms with Crippen molar-refractivity contribution in [2.75, 3.05) is 23.7 Å². The Hall–Kier alpha value is -1.88. The van der Waals surface area contributed by atoms with Gasteiger partial charge in [0.05, 0.1) is 6.04 Å². The monoisotopic (exact) mass is 331 g/mol. The van der Waals surface area contributed by atoms with Gasteiger partial charge in [0.1, 0.15) is 0 Å². The van der Waals surface area contributed by atoms with Crippen molar-refractivity contribution in [3.05, 3.63) is 23.8 Å². The van der Waals surface area contributed by atoms with Crippen molar-refractivity contribution < 1.29 is 9.59 Å². The summed E-state index contributed by atoms with van der Waals surface area (Å²) in [7, 11) is 0. The fraction of sp³-hybridized carbons (Fsp3) is 0.579. The smallest absolute Gasteiger partial charge is 0.241 e. The molecule has 1 aliphatic rings. The standard InChI is InChI=1S/C19H29N3O2/c1-4-18(23)21-17-13-16(10-9-14(17)2)20-19(24)15(3)22-11-7-5-6-8-12-22/h9-10,13,15H,4-8,11-12H2,1-3H3,(H,20,24)(H,21,23). The van der Waals surface area contributed by atoms with Crippen molar-refractivity contribution in [1.82, 2.24) is 4.90 Å². The number of aryl methyl sites for hydroxylation is 1. The predicted octanol–water partition coefficient (Wildman–Crippen LogP) is 3.55. The first-order chi connectivity index (χ1) is 11.5. The van der Waals surface area contributed by atoms with Gasteiger partial charge in [-0.05, 0) is 57.5 Å². The highest BCUT2D eigenvalue weighted by atomic mass is 16.2. The quantitative estimate of drug-likeness (QED) is 0.867. The van der Waals surface area contributed by atoms with E-state index in [0.29, 0.717) is 6.42 Å². The summed E-state index contributed by atoms with van der Waals surface area (Å²) in [5, 5.41) is 5.86. The summed E-state index contributed by atoms with van der Waals surface area (Å²) < 4.78 is 0. The maximum absolute atomic E-state index is 12.6. The van der Waals surface area contributed by atoms with Gasteiger partial charge in [0.15, 0.2) is 0 Å². The van der Waals surface area contributed by atoms with Crippen molar-refractivity contribution in [2.45, 2.75) is 58.9 Å². The molecule has 0 aliphatic carbocycles. The molecule has 2 amide bonds. The van der Waals surface area contributed by atoms with Crippen LogP contribution < -0.4 is 10.6 Å². The van der Waals surface area contributed by atoms with E-state index in [-0.39, 0.29) is 17.9 Å². The van der Waals surface area contributed by atoms with Crippen LogP contribution in [-0.4, -0.2) is 35.8 Å². The minimum absolute atomic E-state index is 0.00789. The molecule has 1 saturated heterocycles. The van der Waals surface area contributed by atoms with E-state index in [1.54, 1.807) is 0 Å². The molecule has 1 fully saturated rings. The van der Waals surface area contributed by atoms with Crippen molar-refractivity contribution in [1.29, 1.82) is 0 Å². The molecule has 2 rings (SSSR count). The van der Waals surface area contributed by atoms with Crippen molar-refractivity contribution in [3.8, 4) is 0 Å². The summed E-state index contributed by atoms with van der Waals surface area (Å²) in [6.45, 7) is 7.70. The Balaban J connectivity index is 2.02. The number of benzene rings is 1. The Morgan fingerprint density at radius 3 is 2.42 bits per heavy atom. The van der Waals surface area contributed by atoms with E-state index in [4.69, 9.17) is 0 Å². The second-order valence-corrected chi connectivity index (χ2v) is 6.55. The van der Waals surface area contributed by atoms with Crippen LogP contribution in [0.25, 0.3) is 0 Å². The van der Waals surface area contributed by atoms with Crippen LogP contribution in [0.2, 0.25) is 0 Å². The zero-order valence-electron chi connectivity index (χ0n) is 15.0. The molecule has 1 heterocycles. The highest BCUT2D eigenvalue weighted by Crippen LogP contribution is 2.21. The molecule has 1 aliphatic heterocycles. The molecule has 2 N–H and O–H groups in total. The van der Waals surface area contributed by atoms with Gasteiger partial charge in [0, 0.05) is 17.8 Å². The van der Waals surface area contributed by atoms with Gasteiger partial charge in [0.2, 0.25) is 11.8 Å². The SMILES string of the molecule is CCC(=O)Nc1cc(NC(=O)C(C)N2CCCCCC2)ccc1C. The molecule has 1 aromatic rings. The van der Waals surface area contributed by atoms with E-state index in [9.17, 15) is 9.59 Å². The average Bonchev–Trinajstić information content (AvgIpc) is 2.86. The maximum Gasteiger partial charge on any atom is 0.241 e. The molecule has 0 bridgehead atoms. The third kappa shape index (κ3) is 5.06. The molecular weight excluding hydrogens is 302 g/mol. The van der Waals surface area contributed by atoms with Gasteiger partial charge in [-0.15, -0.1) is 0 Å². The molecule has 24 heavy (non-hydrogen) atoms. The molecule has 0 aromatic heterocycles. The highest BCUT2D eigenvalue weighted by Gasteiger charge is 2.22. The maximum atomic E-state index is 12.6. The zero-order chi connectivity index (χ0) is 17.5. The summed E-state index contributed by atoms with van der Waals surface area (Å²) in [6.07, 6.45) is 5.26. The number of carbonyl (C=O) groups excluding carboxylic acids is 2. The lowest BCUT2D eigenvalue weighted by Gasteiger charge is -2.26. The van der Waals surface area contributed by atoms with Gasteiger partial charge in [-0.3, -0.25) is 14.5 Å². The molecule has 1 unspecified atom stereocenters. The number of rotatable bonds is 5. The first kappa shape index (κ1) is 18.5. The minimum Gasteiger partial charge on any atom is -0.326 e. The van der Waals surface area contributed by atoms with Crippen LogP contribution >= 0.6 is 0 Å². The lowest BCUT2D eigenvalue weighted by atomic mass is 10.1. The van der Waals surface area contributed by atoms with Gasteiger partial charge in [-0.1, -0.05) is 25.8 Å². The number of amides is 2. The summed E-state index contributed by atoms with van der Waals surface area (Å²) in [4.78, 5) is 26.4. The van der Waals surface area contributed by atoms with Crippen molar-refractivity contribution in [3.63, 3.8) is 0 Å². The van der Waals surface area contributed by atoms with Crippen LogP contribution in [0.4, 0.5) is 11.4 Å². The van der Waals surface area contributed by atoms with Crippen molar-refractivity contribution >= 4 is 23.2 Å². The largest absolute Gasteiger partial charge is 0.326 e. The lowest BCUT2D eigenvalue weighted by molar-refractivity contribution is -0.120. The summed E-state index contributed by atoms with van der Waals surface area (Å²) >= 11 is 0. The van der Waals surface area contributed by atoms with Gasteiger partial charge in [0.25, 0.3) is 0 Å². The molecule has 0 saturated carbocycles. The Labute approximate surface area is 144 Å². The average molecular weight is 331 g/mol. The molecular formula is C19H29N3O2. The molecule has 5 heteroatoms. The van der Waals surface area contributed by atoms with Crippen molar-refractivity contribution in [2.24, 2.45) is 0 Å². The molecule has 5 nitrogen and oxygen atoms in total. The van der Waals surface area contributed by atoms with Crippen LogP contribution in [0.15, 0.2) is 18.2 Å². The number of likely N-dealkylation sites (tertiary alicyclic amines) is 1. The molecule has 1 atom stereocenters. The van der Waals surface area contributed by atoms with E-state index in [1.807, 2.05) is 39.0 Å². The normalized spacial score (nSPS) is 17.0. The molecule has 0 radical (unpaired) electrons. The van der Waals surface area contributed by atoms with Crippen LogP contribution in [0.3, 0.4) is 0 Å². The molecule has 132 valence electrons. The lowest BCUT2D eigenvalue weighted by Crippen LogP contribution is -2.42. The zero-order valence-corrected chi connectivity index (χ0v) is 15.0. The van der Waals surface area contributed by atoms with Crippen LogP contribution in [0.5, 0.6) is 0 Å². The van der Waals surface area contributed by atoms with Gasteiger partial charge in [-0.25, -0.2) is 0 Å². The number of nitrogens with zero attached hydrogens (tertiary/aromatic N) is 1. The summed E-state index contributed by atoms with van der Waals surface area (Å²) in [5.74, 6) is -0.0203. The van der Waals surface area contributed by atoms with Crippen LogP contribution in [-0.2, 0) is 9.59 Å². The van der Waals surface area contributed by atoms with E-state index < -0.39 is 0 Å². The summed E-state index contributed by atoms with van der Waals surface area (Å²) in [6, 6.07) is 5.48. The topological polar surface area (TPSA) is 61.4 Å². The van der Waals surface area contributed by atoms with Gasteiger partial charge >= 0.3 is 0 Å². The Morgan fingerprint density at radius 2 is 1.79 bits per heavy atom. The Kier molecular flexibility index (Phi) is 6.79. The highest BCUT2D eigenvalue weighted by molar-refractivity contribution is 5.96. The molecule has 0 spiro atoms. The second kappa shape index (κ2) is 8.83. The first-order valence-corrected chi connectivity index (χ1v) is 8.96. The van der Waals surface area contributed by atoms with E-state index in [0.717, 1.165) is 42.9 Å². The number of hydrogen-bond acceptors (Lipinski definition) is 3. The Morgan fingerprint density at radius 1 is 1.12 bits per heavy atom. The number of anilines is 2. The number of nitrogens with one attached hydrogen (secondary N) is 2. The third-order valence-electron chi connectivity index (χ3n) is 4.67. The fourth-order valence-corrected chi connectivity index (χ4v) is 2.97. The first-order valence-electron chi connectivity index (χ1n) is 8.96. The van der Waals surface area contributed by atoms with E-state index in [2.05, 4.69) is 15.5 Å².